The molecule has 2 amide bonds. The van der Waals surface area contributed by atoms with E-state index in [2.05, 4.69) is 13.8 Å². The molecule has 7 heteroatoms. The first-order chi connectivity index (χ1) is 14.9. The fourth-order valence-corrected chi connectivity index (χ4v) is 4.51. The van der Waals surface area contributed by atoms with E-state index < -0.39 is 0 Å². The molecule has 0 saturated carbocycles. The number of methoxy groups -OCH3 is 1. The van der Waals surface area contributed by atoms with Crippen molar-refractivity contribution in [3.8, 4) is 5.75 Å². The number of hydrogen-bond acceptors (Lipinski definition) is 5. The highest BCUT2D eigenvalue weighted by atomic mass is 16.5. The van der Waals surface area contributed by atoms with Crippen LogP contribution in [-0.4, -0.2) is 40.3 Å². The highest BCUT2D eigenvalue weighted by molar-refractivity contribution is 6.00. The molecular formula is C24H30N4O3. The Balaban J connectivity index is 1.66. The van der Waals surface area contributed by atoms with Crippen molar-refractivity contribution in [3.05, 3.63) is 46.9 Å². The van der Waals surface area contributed by atoms with Crippen molar-refractivity contribution in [1.29, 1.82) is 0 Å². The first kappa shape index (κ1) is 21.3. The topological polar surface area (TPSA) is 75.6 Å². The van der Waals surface area contributed by atoms with Gasteiger partial charge >= 0.3 is 0 Å². The van der Waals surface area contributed by atoms with E-state index in [1.54, 1.807) is 12.0 Å². The van der Waals surface area contributed by atoms with Crippen molar-refractivity contribution in [1.82, 2.24) is 14.9 Å². The molecule has 0 N–H and O–H groups in total. The maximum atomic E-state index is 12.9. The van der Waals surface area contributed by atoms with Gasteiger partial charge in [0, 0.05) is 29.8 Å². The van der Waals surface area contributed by atoms with E-state index in [1.807, 2.05) is 36.1 Å². The number of carbonyl (C=O) groups is 2. The van der Waals surface area contributed by atoms with E-state index in [4.69, 9.17) is 14.7 Å². The maximum absolute atomic E-state index is 12.9. The average molecular weight is 423 g/mol. The standard InChI is InChI=1S/C24H30N4O3/c1-15(2)12-21(29)27-11-7-9-19(27)23-25-16(3)18-13-22(30)28(24(18)26-23)14-17-8-5-6-10-20(17)31-4/h5-6,8,10,15,19H,7,9,11-14H2,1-4H3/t19-/m0/s1. The fourth-order valence-electron chi connectivity index (χ4n) is 4.51. The summed E-state index contributed by atoms with van der Waals surface area (Å²) in [6.45, 7) is 7.17. The lowest BCUT2D eigenvalue weighted by atomic mass is 10.1. The summed E-state index contributed by atoms with van der Waals surface area (Å²) in [5, 5.41) is 0. The molecule has 2 aliphatic heterocycles. The van der Waals surface area contributed by atoms with Crippen molar-refractivity contribution in [2.24, 2.45) is 5.92 Å². The van der Waals surface area contributed by atoms with Crippen molar-refractivity contribution in [3.63, 3.8) is 0 Å². The number of likely N-dealkylation sites (tertiary alicyclic amines) is 1. The maximum Gasteiger partial charge on any atom is 0.233 e. The number of anilines is 1. The molecule has 1 saturated heterocycles. The molecule has 2 aliphatic rings. The quantitative estimate of drug-likeness (QED) is 0.711. The van der Waals surface area contributed by atoms with E-state index in [9.17, 15) is 9.59 Å². The summed E-state index contributed by atoms with van der Waals surface area (Å²) < 4.78 is 5.46. The predicted octanol–water partition coefficient (Wildman–Crippen LogP) is 3.59. The number of fused-ring (bicyclic) bond motifs is 1. The molecule has 0 radical (unpaired) electrons. The van der Waals surface area contributed by atoms with Crippen LogP contribution in [-0.2, 0) is 22.6 Å². The second-order valence-corrected chi connectivity index (χ2v) is 8.78. The van der Waals surface area contributed by atoms with E-state index in [0.717, 1.165) is 42.0 Å². The third-order valence-electron chi connectivity index (χ3n) is 6.07. The molecule has 1 aromatic heterocycles. The Kier molecular flexibility index (Phi) is 5.94. The molecule has 2 aromatic rings. The molecule has 0 spiro atoms. The number of amides is 2. The smallest absolute Gasteiger partial charge is 0.233 e. The van der Waals surface area contributed by atoms with Crippen LogP contribution in [0.2, 0.25) is 0 Å². The number of ether oxygens (including phenoxy) is 1. The van der Waals surface area contributed by atoms with Gasteiger partial charge in [-0.05, 0) is 31.7 Å². The zero-order chi connectivity index (χ0) is 22.1. The number of carbonyl (C=O) groups excluding carboxylic acids is 2. The summed E-state index contributed by atoms with van der Waals surface area (Å²) in [6.07, 6.45) is 2.62. The van der Waals surface area contributed by atoms with Crippen LogP contribution in [0.5, 0.6) is 5.75 Å². The number of benzene rings is 1. The lowest BCUT2D eigenvalue weighted by Crippen LogP contribution is -2.33. The second-order valence-electron chi connectivity index (χ2n) is 8.78. The number of nitrogens with zero attached hydrogens (tertiary/aromatic N) is 4. The van der Waals surface area contributed by atoms with Gasteiger partial charge in [-0.3, -0.25) is 14.5 Å². The Morgan fingerprint density at radius 3 is 2.77 bits per heavy atom. The van der Waals surface area contributed by atoms with Crippen molar-refractivity contribution < 1.29 is 14.3 Å². The molecule has 7 nitrogen and oxygen atoms in total. The summed E-state index contributed by atoms with van der Waals surface area (Å²) in [5.74, 6) is 2.53. The zero-order valence-corrected chi connectivity index (χ0v) is 18.7. The van der Waals surface area contributed by atoms with Crippen LogP contribution < -0.4 is 9.64 Å². The lowest BCUT2D eigenvalue weighted by Gasteiger charge is -2.26. The second kappa shape index (κ2) is 8.65. The van der Waals surface area contributed by atoms with Gasteiger partial charge in [0.1, 0.15) is 11.6 Å². The van der Waals surface area contributed by atoms with Crippen LogP contribution in [0, 0.1) is 12.8 Å². The Morgan fingerprint density at radius 1 is 1.26 bits per heavy atom. The molecule has 0 unspecified atom stereocenters. The molecule has 164 valence electrons. The Morgan fingerprint density at radius 2 is 2.03 bits per heavy atom. The largest absolute Gasteiger partial charge is 0.496 e. The first-order valence-corrected chi connectivity index (χ1v) is 11.0. The Labute approximate surface area is 183 Å². The molecule has 0 aliphatic carbocycles. The van der Waals surface area contributed by atoms with Crippen LogP contribution in [0.4, 0.5) is 5.82 Å². The monoisotopic (exact) mass is 422 g/mol. The number of aryl methyl sites for hydroxylation is 1. The predicted molar refractivity (Wildman–Crippen MR) is 118 cm³/mol. The number of hydrogen-bond donors (Lipinski definition) is 0. The van der Waals surface area contributed by atoms with Gasteiger partial charge in [-0.15, -0.1) is 0 Å². The van der Waals surface area contributed by atoms with E-state index in [-0.39, 0.29) is 17.9 Å². The molecular weight excluding hydrogens is 392 g/mol. The van der Waals surface area contributed by atoms with Gasteiger partial charge in [-0.2, -0.15) is 0 Å². The van der Waals surface area contributed by atoms with Gasteiger partial charge in [-0.1, -0.05) is 32.0 Å². The van der Waals surface area contributed by atoms with Crippen LogP contribution in [0.3, 0.4) is 0 Å². The molecule has 31 heavy (non-hydrogen) atoms. The van der Waals surface area contributed by atoms with E-state index >= 15 is 0 Å². The summed E-state index contributed by atoms with van der Waals surface area (Å²) in [6, 6.07) is 7.58. The fraction of sp³-hybridized carbons (Fsp3) is 0.500. The average Bonchev–Trinajstić information content (AvgIpc) is 3.34. The van der Waals surface area contributed by atoms with Crippen molar-refractivity contribution in [2.75, 3.05) is 18.6 Å². The summed E-state index contributed by atoms with van der Waals surface area (Å²) in [7, 11) is 1.63. The van der Waals surface area contributed by atoms with Crippen LogP contribution in [0.1, 0.15) is 61.8 Å². The SMILES string of the molecule is COc1ccccc1CN1C(=O)Cc2c(C)nc([C@@H]3CCCN3C(=O)CC(C)C)nc21. The summed E-state index contributed by atoms with van der Waals surface area (Å²) >= 11 is 0. The van der Waals surface area contributed by atoms with E-state index in [0.29, 0.717) is 36.9 Å². The zero-order valence-electron chi connectivity index (χ0n) is 18.7. The molecule has 3 heterocycles. The Hall–Kier alpha value is -2.96. The van der Waals surface area contributed by atoms with Gasteiger partial charge in [0.25, 0.3) is 0 Å². The molecule has 1 fully saturated rings. The summed E-state index contributed by atoms with van der Waals surface area (Å²) in [5.41, 5.74) is 2.62. The molecule has 1 aromatic carbocycles. The number of aromatic nitrogens is 2. The number of para-hydroxylation sites is 1. The van der Waals surface area contributed by atoms with Crippen molar-refractivity contribution >= 4 is 17.6 Å². The number of rotatable bonds is 6. The Bertz CT molecular complexity index is 1000. The van der Waals surface area contributed by atoms with E-state index in [1.165, 1.54) is 0 Å². The van der Waals surface area contributed by atoms with Gasteiger partial charge in [0.05, 0.1) is 26.1 Å². The third-order valence-corrected chi connectivity index (χ3v) is 6.07. The normalized spacial score (nSPS) is 18.1. The highest BCUT2D eigenvalue weighted by Gasteiger charge is 2.36. The van der Waals surface area contributed by atoms with Gasteiger partial charge < -0.3 is 9.64 Å². The third kappa shape index (κ3) is 4.13. The van der Waals surface area contributed by atoms with Gasteiger partial charge in [0.15, 0.2) is 5.82 Å². The molecule has 0 bridgehead atoms. The van der Waals surface area contributed by atoms with Crippen LogP contribution in [0.15, 0.2) is 24.3 Å². The summed E-state index contributed by atoms with van der Waals surface area (Å²) in [4.78, 5) is 38.9. The first-order valence-electron chi connectivity index (χ1n) is 11.0. The van der Waals surface area contributed by atoms with Crippen molar-refractivity contribution in [2.45, 2.75) is 59.0 Å². The van der Waals surface area contributed by atoms with Gasteiger partial charge in [0.2, 0.25) is 11.8 Å². The highest BCUT2D eigenvalue weighted by Crippen LogP contribution is 2.36. The molecule has 1 atom stereocenters. The lowest BCUT2D eigenvalue weighted by molar-refractivity contribution is -0.133. The minimum absolute atomic E-state index is 0.00891. The molecule has 4 rings (SSSR count). The van der Waals surface area contributed by atoms with Crippen LogP contribution in [0.25, 0.3) is 0 Å². The minimum Gasteiger partial charge on any atom is -0.496 e. The minimum atomic E-state index is -0.126. The van der Waals surface area contributed by atoms with Gasteiger partial charge in [-0.25, -0.2) is 9.97 Å². The van der Waals surface area contributed by atoms with Crippen LogP contribution >= 0.6 is 0 Å².